The number of amides is 1. The number of hydrogen-bond donors (Lipinski definition) is 3. The van der Waals surface area contributed by atoms with Gasteiger partial charge in [0.1, 0.15) is 0 Å². The Hall–Kier alpha value is -2.18. The summed E-state index contributed by atoms with van der Waals surface area (Å²) in [5.41, 5.74) is 0. The maximum absolute atomic E-state index is 12.5. The third-order valence-electron chi connectivity index (χ3n) is 16.6. The minimum atomic E-state index is -0.664. The lowest BCUT2D eigenvalue weighted by molar-refractivity contribution is -0.143. The SMILES string of the molecule is CCCCCC/C=C\C/C=C\CCCCCCCCCC(=O)OCCCCCCCCCCC/C=C\C/C=C\CCCCCCCCCCCCCCCCCC(=O)NC(CO)C(O)CCCCCCCCCCCCCCCC. The van der Waals surface area contributed by atoms with Crippen molar-refractivity contribution in [3.63, 3.8) is 0 Å². The van der Waals surface area contributed by atoms with Gasteiger partial charge >= 0.3 is 5.97 Å². The van der Waals surface area contributed by atoms with Crippen molar-refractivity contribution in [1.29, 1.82) is 0 Å². The molecule has 2 atom stereocenters. The van der Waals surface area contributed by atoms with E-state index in [1.165, 1.54) is 295 Å². The molecule has 0 bridgehead atoms. The minimum absolute atomic E-state index is 0.00600. The highest BCUT2D eigenvalue weighted by Crippen LogP contribution is 2.18. The molecule has 80 heavy (non-hydrogen) atoms. The number of allylic oxidation sites excluding steroid dienone is 8. The van der Waals surface area contributed by atoms with Crippen LogP contribution in [0.1, 0.15) is 386 Å². The summed E-state index contributed by atoms with van der Waals surface area (Å²) in [5, 5.41) is 23.3. The molecule has 0 aromatic rings. The van der Waals surface area contributed by atoms with Gasteiger partial charge in [-0.3, -0.25) is 9.59 Å². The van der Waals surface area contributed by atoms with Crippen LogP contribution in [0, 0.1) is 0 Å². The van der Waals surface area contributed by atoms with Gasteiger partial charge in [-0.1, -0.05) is 332 Å². The van der Waals surface area contributed by atoms with Gasteiger partial charge in [-0.05, 0) is 89.9 Å². The van der Waals surface area contributed by atoms with Crippen molar-refractivity contribution in [3.05, 3.63) is 48.6 Å². The number of rotatable bonds is 67. The fourth-order valence-corrected chi connectivity index (χ4v) is 11.1. The molecule has 0 heterocycles. The van der Waals surface area contributed by atoms with E-state index in [-0.39, 0.29) is 18.5 Å². The van der Waals surface area contributed by atoms with Gasteiger partial charge < -0.3 is 20.3 Å². The zero-order chi connectivity index (χ0) is 57.8. The second kappa shape index (κ2) is 69.3. The van der Waals surface area contributed by atoms with Crippen LogP contribution in [0.15, 0.2) is 48.6 Å². The van der Waals surface area contributed by atoms with E-state index in [0.717, 1.165) is 57.8 Å². The lowest BCUT2D eigenvalue weighted by Gasteiger charge is -2.22. The van der Waals surface area contributed by atoms with Crippen molar-refractivity contribution in [3.8, 4) is 0 Å². The number of esters is 1. The molecule has 0 aromatic heterocycles. The average Bonchev–Trinajstić information content (AvgIpc) is 3.46. The molecule has 0 fully saturated rings. The fourth-order valence-electron chi connectivity index (χ4n) is 11.1. The summed E-state index contributed by atoms with van der Waals surface area (Å²) in [6.07, 6.45) is 90.2. The number of aliphatic hydroxyl groups excluding tert-OH is 2. The van der Waals surface area contributed by atoms with E-state index in [1.807, 2.05) is 0 Å². The molecule has 3 N–H and O–H groups in total. The van der Waals surface area contributed by atoms with Crippen molar-refractivity contribution >= 4 is 11.9 Å². The molecule has 0 aliphatic carbocycles. The number of nitrogens with one attached hydrogen (secondary N) is 1. The summed E-state index contributed by atoms with van der Waals surface area (Å²) in [7, 11) is 0. The van der Waals surface area contributed by atoms with Crippen molar-refractivity contribution < 1.29 is 24.5 Å². The van der Waals surface area contributed by atoms with Crippen molar-refractivity contribution in [1.82, 2.24) is 5.32 Å². The van der Waals surface area contributed by atoms with Gasteiger partial charge in [0.05, 0.1) is 25.4 Å². The molecule has 470 valence electrons. The Labute approximate surface area is 499 Å². The summed E-state index contributed by atoms with van der Waals surface area (Å²) in [6.45, 7) is 4.95. The highest BCUT2D eigenvalue weighted by atomic mass is 16.5. The number of ether oxygens (including phenoxy) is 1. The monoisotopic (exact) mass is 1120 g/mol. The normalized spacial score (nSPS) is 12.8. The molecule has 0 spiro atoms. The van der Waals surface area contributed by atoms with E-state index >= 15 is 0 Å². The molecule has 6 nitrogen and oxygen atoms in total. The third kappa shape index (κ3) is 65.0. The first-order chi connectivity index (χ1) is 39.5. The molecular formula is C74H139NO5. The Balaban J connectivity index is 3.38. The van der Waals surface area contributed by atoms with Crippen LogP contribution in [0.2, 0.25) is 0 Å². The smallest absolute Gasteiger partial charge is 0.305 e. The summed E-state index contributed by atoms with van der Waals surface area (Å²) < 4.78 is 5.50. The summed E-state index contributed by atoms with van der Waals surface area (Å²) >= 11 is 0. The van der Waals surface area contributed by atoms with E-state index in [1.54, 1.807) is 0 Å². The molecule has 0 aliphatic rings. The van der Waals surface area contributed by atoms with Gasteiger partial charge in [0.25, 0.3) is 0 Å². The Morgan fingerprint density at radius 1 is 0.350 bits per heavy atom. The van der Waals surface area contributed by atoms with Gasteiger partial charge in [0.15, 0.2) is 0 Å². The first-order valence-corrected chi connectivity index (χ1v) is 35.9. The Kier molecular flexibility index (Phi) is 67.4. The lowest BCUT2D eigenvalue weighted by atomic mass is 10.0. The number of carbonyl (C=O) groups excluding carboxylic acids is 2. The predicted octanol–water partition coefficient (Wildman–Crippen LogP) is 23.3. The van der Waals surface area contributed by atoms with Crippen LogP contribution in [0.5, 0.6) is 0 Å². The molecular weight excluding hydrogens is 983 g/mol. The number of hydrogen-bond acceptors (Lipinski definition) is 5. The molecule has 0 saturated carbocycles. The highest BCUT2D eigenvalue weighted by molar-refractivity contribution is 5.76. The quantitative estimate of drug-likeness (QED) is 0.0320. The predicted molar refractivity (Wildman–Crippen MR) is 352 cm³/mol. The number of carbonyl (C=O) groups is 2. The maximum atomic E-state index is 12.5. The van der Waals surface area contributed by atoms with Gasteiger partial charge in [-0.15, -0.1) is 0 Å². The Morgan fingerprint density at radius 2 is 0.625 bits per heavy atom. The Bertz CT molecular complexity index is 1340. The van der Waals surface area contributed by atoms with Gasteiger partial charge in [0.2, 0.25) is 5.91 Å². The second-order valence-corrected chi connectivity index (χ2v) is 24.6. The first kappa shape index (κ1) is 77.8. The van der Waals surface area contributed by atoms with Crippen LogP contribution in [-0.4, -0.2) is 47.4 Å². The van der Waals surface area contributed by atoms with Crippen LogP contribution in [0.4, 0.5) is 0 Å². The molecule has 0 saturated heterocycles. The molecule has 0 radical (unpaired) electrons. The first-order valence-electron chi connectivity index (χ1n) is 35.9. The van der Waals surface area contributed by atoms with Crippen molar-refractivity contribution in [2.45, 2.75) is 398 Å². The number of unbranched alkanes of at least 4 members (excludes halogenated alkanes) is 48. The Morgan fingerprint density at radius 3 is 0.963 bits per heavy atom. The lowest BCUT2D eigenvalue weighted by Crippen LogP contribution is -2.45. The summed E-state index contributed by atoms with van der Waals surface area (Å²) in [4.78, 5) is 24.6. The molecule has 0 aromatic carbocycles. The minimum Gasteiger partial charge on any atom is -0.466 e. The zero-order valence-corrected chi connectivity index (χ0v) is 53.8. The van der Waals surface area contributed by atoms with Crippen LogP contribution in [0.25, 0.3) is 0 Å². The van der Waals surface area contributed by atoms with Crippen LogP contribution < -0.4 is 5.32 Å². The number of aliphatic hydroxyl groups is 2. The van der Waals surface area contributed by atoms with Crippen LogP contribution in [-0.2, 0) is 14.3 Å². The van der Waals surface area contributed by atoms with Crippen LogP contribution in [0.3, 0.4) is 0 Å². The third-order valence-corrected chi connectivity index (χ3v) is 16.6. The molecule has 1 amide bonds. The maximum Gasteiger partial charge on any atom is 0.305 e. The summed E-state index contributed by atoms with van der Waals surface area (Å²) in [5.74, 6) is -0.0266. The summed E-state index contributed by atoms with van der Waals surface area (Å²) in [6, 6.07) is -0.541. The molecule has 2 unspecified atom stereocenters. The van der Waals surface area contributed by atoms with Gasteiger partial charge in [-0.2, -0.15) is 0 Å². The largest absolute Gasteiger partial charge is 0.466 e. The van der Waals surface area contributed by atoms with E-state index in [2.05, 4.69) is 67.8 Å². The van der Waals surface area contributed by atoms with Crippen LogP contribution >= 0.6 is 0 Å². The average molecular weight is 1120 g/mol. The van der Waals surface area contributed by atoms with Crippen molar-refractivity contribution in [2.24, 2.45) is 0 Å². The highest BCUT2D eigenvalue weighted by Gasteiger charge is 2.20. The fraction of sp³-hybridized carbons (Fsp3) is 0.865. The molecule has 0 rings (SSSR count). The molecule has 0 aliphatic heterocycles. The standard InChI is InChI=1S/C74H139NO5/c1-3-5-7-9-11-13-15-17-19-20-37-40-44-48-52-56-60-64-68-74(79)80-69-65-61-57-53-49-45-41-38-35-33-31-29-27-25-23-21-22-24-26-28-30-32-34-36-39-43-47-51-55-59-63-67-73(78)75-71(70-76)72(77)66-62-58-54-50-46-42-18-16-14-12-10-8-6-4-2/h13,15,19-20,23,25,29,31,71-72,76-77H,3-12,14,16-18,21-22,24,26-28,30,32-70H2,1-2H3,(H,75,78)/b15-13-,20-19-,25-23-,31-29-. The van der Waals surface area contributed by atoms with E-state index in [4.69, 9.17) is 4.74 Å². The van der Waals surface area contributed by atoms with Gasteiger partial charge in [-0.25, -0.2) is 0 Å². The topological polar surface area (TPSA) is 95.9 Å². The van der Waals surface area contributed by atoms with Gasteiger partial charge in [0, 0.05) is 12.8 Å². The second-order valence-electron chi connectivity index (χ2n) is 24.6. The van der Waals surface area contributed by atoms with E-state index in [0.29, 0.717) is 25.9 Å². The van der Waals surface area contributed by atoms with E-state index in [9.17, 15) is 19.8 Å². The molecule has 6 heteroatoms. The van der Waals surface area contributed by atoms with Crippen molar-refractivity contribution in [2.75, 3.05) is 13.2 Å². The zero-order valence-electron chi connectivity index (χ0n) is 53.8. The van der Waals surface area contributed by atoms with E-state index < -0.39 is 12.1 Å².